The van der Waals surface area contributed by atoms with Gasteiger partial charge in [-0.3, -0.25) is 5.41 Å². The third kappa shape index (κ3) is 2.19. The van der Waals surface area contributed by atoms with Crippen LogP contribution in [0.15, 0.2) is 35.5 Å². The fourth-order valence-corrected chi connectivity index (χ4v) is 1.31. The van der Waals surface area contributed by atoms with E-state index in [4.69, 9.17) is 10.5 Å². The van der Waals surface area contributed by atoms with Crippen LogP contribution >= 0.6 is 0 Å². The van der Waals surface area contributed by atoms with Crippen molar-refractivity contribution >= 4 is 11.7 Å². The molecule has 0 spiro atoms. The quantitative estimate of drug-likeness (QED) is 0.657. The molecule has 0 fully saturated rings. The lowest BCUT2D eigenvalue weighted by molar-refractivity contribution is -0.129. The molecule has 3 heteroatoms. The molecule has 1 aliphatic rings. The topological polar surface area (TPSA) is 61.2 Å². The number of hydrogen-bond donors (Lipinski definition) is 2. The Bertz CT molecular complexity index is 361. The first kappa shape index (κ1) is 10.4. The monoisotopic (exact) mass is 191 g/mol. The van der Waals surface area contributed by atoms with Crippen molar-refractivity contribution in [2.75, 3.05) is 0 Å². The minimum Gasteiger partial charge on any atom is -0.477 e. The Morgan fingerprint density at radius 1 is 1.57 bits per heavy atom. The summed E-state index contributed by atoms with van der Waals surface area (Å²) in [6.07, 6.45) is 7.48. The Kier molecular flexibility index (Phi) is 3.02. The van der Waals surface area contributed by atoms with E-state index >= 15 is 0 Å². The molecular formula is C11H13NO2. The maximum absolute atomic E-state index is 10.7. The average molecular weight is 191 g/mol. The first-order chi connectivity index (χ1) is 6.52. The normalized spacial score (nSPS) is 20.9. The second-order valence-electron chi connectivity index (χ2n) is 3.35. The smallest absolute Gasteiger partial charge is 0.354 e. The predicted molar refractivity (Wildman–Crippen MR) is 55.5 cm³/mol. The van der Waals surface area contributed by atoms with Gasteiger partial charge in [-0.15, -0.1) is 0 Å². The number of rotatable bonds is 2. The lowest BCUT2D eigenvalue weighted by Crippen LogP contribution is -2.15. The second-order valence-corrected chi connectivity index (χ2v) is 3.35. The van der Waals surface area contributed by atoms with E-state index in [9.17, 15) is 4.79 Å². The number of hydrogen-bond acceptors (Lipinski definition) is 2. The number of nitrogens with one attached hydrogen (secondary N) is 1. The fraction of sp³-hybridized carbons (Fsp3) is 0.273. The van der Waals surface area contributed by atoms with E-state index in [1.807, 2.05) is 32.1 Å². The Labute approximate surface area is 83.0 Å². The summed E-state index contributed by atoms with van der Waals surface area (Å²) >= 11 is 0. The molecule has 0 amide bonds. The molecule has 0 aliphatic heterocycles. The highest BCUT2D eigenvalue weighted by Gasteiger charge is 2.15. The second kappa shape index (κ2) is 4.05. The molecule has 0 aromatic carbocycles. The van der Waals surface area contributed by atoms with E-state index in [0.29, 0.717) is 5.57 Å². The zero-order chi connectivity index (χ0) is 10.7. The number of allylic oxidation sites excluding steroid dienone is 5. The first-order valence-corrected chi connectivity index (χ1v) is 4.42. The lowest BCUT2D eigenvalue weighted by atomic mass is 9.99. The van der Waals surface area contributed by atoms with Gasteiger partial charge in [0.1, 0.15) is 5.71 Å². The predicted octanol–water partition coefficient (Wildman–Crippen LogP) is 2.17. The van der Waals surface area contributed by atoms with Gasteiger partial charge < -0.3 is 5.11 Å². The number of aliphatic carboxylic acids is 1. The van der Waals surface area contributed by atoms with E-state index in [-0.39, 0.29) is 11.6 Å². The third-order valence-electron chi connectivity index (χ3n) is 2.10. The minimum absolute atomic E-state index is 0.165. The Balaban J connectivity index is 3.08. The van der Waals surface area contributed by atoms with E-state index < -0.39 is 5.97 Å². The summed E-state index contributed by atoms with van der Waals surface area (Å²) in [5.74, 6) is -1.02. The van der Waals surface area contributed by atoms with Crippen LogP contribution in [0.1, 0.15) is 13.8 Å². The van der Waals surface area contributed by atoms with Crippen LogP contribution in [0.5, 0.6) is 0 Å². The molecule has 74 valence electrons. The van der Waals surface area contributed by atoms with Gasteiger partial charge in [0.15, 0.2) is 0 Å². The van der Waals surface area contributed by atoms with Gasteiger partial charge >= 0.3 is 5.97 Å². The van der Waals surface area contributed by atoms with E-state index in [0.717, 1.165) is 5.57 Å². The zero-order valence-corrected chi connectivity index (χ0v) is 8.24. The molecule has 0 aromatic heterocycles. The van der Waals surface area contributed by atoms with Crippen LogP contribution < -0.4 is 0 Å². The van der Waals surface area contributed by atoms with Gasteiger partial charge in [0.25, 0.3) is 0 Å². The van der Waals surface area contributed by atoms with Gasteiger partial charge in [-0.1, -0.05) is 31.2 Å². The highest BCUT2D eigenvalue weighted by molar-refractivity contribution is 6.42. The van der Waals surface area contributed by atoms with Crippen molar-refractivity contribution in [3.63, 3.8) is 0 Å². The van der Waals surface area contributed by atoms with Gasteiger partial charge in [0.2, 0.25) is 0 Å². The van der Waals surface area contributed by atoms with Crippen molar-refractivity contribution in [1.82, 2.24) is 0 Å². The van der Waals surface area contributed by atoms with Crippen LogP contribution in [0.3, 0.4) is 0 Å². The Morgan fingerprint density at radius 3 is 2.79 bits per heavy atom. The summed E-state index contributed by atoms with van der Waals surface area (Å²) in [5.41, 5.74) is 0.988. The van der Waals surface area contributed by atoms with Crippen molar-refractivity contribution < 1.29 is 9.90 Å². The molecule has 1 rings (SSSR count). The van der Waals surface area contributed by atoms with Gasteiger partial charge in [-0.05, 0) is 18.4 Å². The molecule has 14 heavy (non-hydrogen) atoms. The van der Waals surface area contributed by atoms with Crippen LogP contribution in [-0.4, -0.2) is 16.8 Å². The SMILES string of the molecule is CC1=CC=CC(C)C=C1C(=N)C(=O)O. The van der Waals surface area contributed by atoms with Gasteiger partial charge in [0, 0.05) is 5.57 Å². The van der Waals surface area contributed by atoms with Crippen LogP contribution in [0, 0.1) is 11.3 Å². The highest BCUT2D eigenvalue weighted by atomic mass is 16.4. The zero-order valence-electron chi connectivity index (χ0n) is 8.24. The highest BCUT2D eigenvalue weighted by Crippen LogP contribution is 2.18. The van der Waals surface area contributed by atoms with Crippen molar-refractivity contribution in [3.8, 4) is 0 Å². The molecule has 3 nitrogen and oxygen atoms in total. The summed E-state index contributed by atoms with van der Waals surface area (Å²) in [7, 11) is 0. The fourth-order valence-electron chi connectivity index (χ4n) is 1.31. The van der Waals surface area contributed by atoms with Crippen LogP contribution in [-0.2, 0) is 4.79 Å². The van der Waals surface area contributed by atoms with Crippen LogP contribution in [0.4, 0.5) is 0 Å². The summed E-state index contributed by atoms with van der Waals surface area (Å²) in [6.45, 7) is 3.77. The summed E-state index contributed by atoms with van der Waals surface area (Å²) in [6, 6.07) is 0. The van der Waals surface area contributed by atoms with E-state index in [2.05, 4.69) is 0 Å². The van der Waals surface area contributed by atoms with E-state index in [1.165, 1.54) is 0 Å². The average Bonchev–Trinajstić information content (AvgIpc) is 2.27. The molecule has 0 saturated carbocycles. The van der Waals surface area contributed by atoms with Crippen molar-refractivity contribution in [1.29, 1.82) is 5.41 Å². The Morgan fingerprint density at radius 2 is 2.21 bits per heavy atom. The Hall–Kier alpha value is -1.64. The van der Waals surface area contributed by atoms with Gasteiger partial charge in [0.05, 0.1) is 0 Å². The molecule has 1 atom stereocenters. The summed E-state index contributed by atoms with van der Waals surface area (Å²) in [4.78, 5) is 10.7. The molecule has 0 bridgehead atoms. The number of carboxylic acids is 1. The molecule has 0 radical (unpaired) electrons. The van der Waals surface area contributed by atoms with E-state index in [1.54, 1.807) is 6.08 Å². The first-order valence-electron chi connectivity index (χ1n) is 4.42. The molecule has 1 aliphatic carbocycles. The lowest BCUT2D eigenvalue weighted by Gasteiger charge is -2.06. The van der Waals surface area contributed by atoms with Crippen molar-refractivity contribution in [3.05, 3.63) is 35.5 Å². The van der Waals surface area contributed by atoms with Crippen molar-refractivity contribution in [2.24, 2.45) is 5.92 Å². The molecule has 0 saturated heterocycles. The molecular weight excluding hydrogens is 178 g/mol. The molecule has 0 heterocycles. The van der Waals surface area contributed by atoms with Gasteiger partial charge in [-0.2, -0.15) is 0 Å². The third-order valence-corrected chi connectivity index (χ3v) is 2.10. The summed E-state index contributed by atoms with van der Waals surface area (Å²) < 4.78 is 0. The minimum atomic E-state index is -1.18. The number of carbonyl (C=O) groups is 1. The summed E-state index contributed by atoms with van der Waals surface area (Å²) in [5, 5.41) is 16.1. The standard InChI is InChI=1S/C11H13NO2/c1-7-4-3-5-8(2)9(6-7)10(12)11(13)14/h3-7,12H,1-2H3,(H,13,14). The molecule has 2 N–H and O–H groups in total. The maximum Gasteiger partial charge on any atom is 0.354 e. The molecule has 1 unspecified atom stereocenters. The number of carboxylic acid groups (broad SMARTS) is 1. The molecule has 0 aromatic rings. The van der Waals surface area contributed by atoms with Gasteiger partial charge in [-0.25, -0.2) is 4.79 Å². The van der Waals surface area contributed by atoms with Crippen molar-refractivity contribution in [2.45, 2.75) is 13.8 Å². The van der Waals surface area contributed by atoms with Crippen LogP contribution in [0.25, 0.3) is 0 Å². The maximum atomic E-state index is 10.7. The van der Waals surface area contributed by atoms with Crippen LogP contribution in [0.2, 0.25) is 0 Å². The largest absolute Gasteiger partial charge is 0.477 e.